The lowest BCUT2D eigenvalue weighted by Gasteiger charge is -2.30. The predicted molar refractivity (Wildman–Crippen MR) is 102 cm³/mol. The molecule has 1 aliphatic rings. The van der Waals surface area contributed by atoms with Gasteiger partial charge in [0, 0.05) is 25.2 Å². The van der Waals surface area contributed by atoms with E-state index >= 15 is 0 Å². The highest BCUT2D eigenvalue weighted by Crippen LogP contribution is 2.23. The zero-order valence-electron chi connectivity index (χ0n) is 15.5. The highest BCUT2D eigenvalue weighted by molar-refractivity contribution is 5.94. The van der Waals surface area contributed by atoms with E-state index in [-0.39, 0.29) is 24.3 Å². The number of fused-ring (bicyclic) bond motifs is 1. The first-order chi connectivity index (χ1) is 12.5. The molecule has 1 aromatic carbocycles. The summed E-state index contributed by atoms with van der Waals surface area (Å²) in [6.45, 7) is 6.68. The number of primary amides is 1. The maximum atomic E-state index is 12.6. The third kappa shape index (κ3) is 3.88. The van der Waals surface area contributed by atoms with E-state index in [4.69, 9.17) is 5.73 Å². The molecule has 0 spiro atoms. The average Bonchev–Trinajstić information content (AvgIpc) is 2.98. The number of rotatable bonds is 6. The van der Waals surface area contributed by atoms with Gasteiger partial charge in [-0.25, -0.2) is 4.98 Å². The number of aryl methyl sites for hydroxylation is 2. The predicted octanol–water partition coefficient (Wildman–Crippen LogP) is 1.75. The van der Waals surface area contributed by atoms with Crippen LogP contribution in [-0.4, -0.2) is 45.9 Å². The van der Waals surface area contributed by atoms with Gasteiger partial charge in [0.25, 0.3) is 0 Å². The standard InChI is InChI=1S/C19H27N5O2/c1-3-18-22-15-10-14(7-8-16(15)24(18)4-2)21-19(26)13-6-5-9-23(11-13)12-17(20)25/h7-8,10,13H,3-6,9,11-12H2,1-2H3,(H2,20,25)(H,21,26). The Labute approximate surface area is 153 Å². The van der Waals surface area contributed by atoms with Crippen molar-refractivity contribution >= 4 is 28.5 Å². The number of carbonyl (C=O) groups is 2. The summed E-state index contributed by atoms with van der Waals surface area (Å²) in [5.74, 6) is 0.567. The van der Waals surface area contributed by atoms with Crippen LogP contribution >= 0.6 is 0 Å². The number of hydrogen-bond donors (Lipinski definition) is 2. The average molecular weight is 357 g/mol. The summed E-state index contributed by atoms with van der Waals surface area (Å²) in [6, 6.07) is 5.88. The molecule has 26 heavy (non-hydrogen) atoms. The van der Waals surface area contributed by atoms with E-state index < -0.39 is 0 Å². The highest BCUT2D eigenvalue weighted by Gasteiger charge is 2.26. The molecule has 0 saturated carbocycles. The Bertz CT molecular complexity index is 814. The van der Waals surface area contributed by atoms with Crippen molar-refractivity contribution in [3.05, 3.63) is 24.0 Å². The minimum atomic E-state index is -0.352. The van der Waals surface area contributed by atoms with Crippen molar-refractivity contribution in [3.8, 4) is 0 Å². The monoisotopic (exact) mass is 357 g/mol. The lowest BCUT2D eigenvalue weighted by molar-refractivity contribution is -0.124. The molecule has 1 aliphatic heterocycles. The molecule has 0 bridgehead atoms. The van der Waals surface area contributed by atoms with E-state index in [1.807, 2.05) is 23.1 Å². The summed E-state index contributed by atoms with van der Waals surface area (Å²) in [6.07, 6.45) is 2.60. The fraction of sp³-hybridized carbons (Fsp3) is 0.526. The van der Waals surface area contributed by atoms with Gasteiger partial charge in [0.1, 0.15) is 5.82 Å². The second kappa shape index (κ2) is 7.86. The number of nitrogens with two attached hydrogens (primary N) is 1. The van der Waals surface area contributed by atoms with Crippen molar-refractivity contribution in [3.63, 3.8) is 0 Å². The molecule has 3 N–H and O–H groups in total. The Morgan fingerprint density at radius 2 is 2.15 bits per heavy atom. The van der Waals surface area contributed by atoms with E-state index in [0.29, 0.717) is 6.54 Å². The number of anilines is 1. The van der Waals surface area contributed by atoms with Crippen LogP contribution in [0.2, 0.25) is 0 Å². The zero-order chi connectivity index (χ0) is 18.7. The topological polar surface area (TPSA) is 93.2 Å². The number of benzene rings is 1. The van der Waals surface area contributed by atoms with Gasteiger partial charge in [0.05, 0.1) is 23.5 Å². The number of imidazole rings is 1. The summed E-state index contributed by atoms with van der Waals surface area (Å²) in [5, 5.41) is 3.01. The Balaban J connectivity index is 1.71. The molecule has 1 atom stereocenters. The summed E-state index contributed by atoms with van der Waals surface area (Å²) in [4.78, 5) is 30.4. The zero-order valence-corrected chi connectivity index (χ0v) is 15.5. The Hall–Kier alpha value is -2.41. The van der Waals surface area contributed by atoms with E-state index in [9.17, 15) is 9.59 Å². The van der Waals surface area contributed by atoms with Gasteiger partial charge in [-0.15, -0.1) is 0 Å². The number of aromatic nitrogens is 2. The first kappa shape index (κ1) is 18.4. The van der Waals surface area contributed by atoms with Crippen LogP contribution in [0.1, 0.15) is 32.5 Å². The second-order valence-electron chi connectivity index (χ2n) is 6.86. The molecule has 0 aliphatic carbocycles. The second-order valence-corrected chi connectivity index (χ2v) is 6.86. The molecule has 3 rings (SSSR count). The number of nitrogens with one attached hydrogen (secondary N) is 1. The van der Waals surface area contributed by atoms with Crippen LogP contribution in [0.3, 0.4) is 0 Å². The Morgan fingerprint density at radius 1 is 1.35 bits per heavy atom. The van der Waals surface area contributed by atoms with E-state index in [2.05, 4.69) is 28.7 Å². The third-order valence-corrected chi connectivity index (χ3v) is 4.98. The summed E-state index contributed by atoms with van der Waals surface area (Å²) in [5.41, 5.74) is 8.02. The molecular weight excluding hydrogens is 330 g/mol. The Morgan fingerprint density at radius 3 is 2.85 bits per heavy atom. The van der Waals surface area contributed by atoms with Crippen molar-refractivity contribution in [1.82, 2.24) is 14.5 Å². The number of amides is 2. The smallest absolute Gasteiger partial charge is 0.231 e. The minimum absolute atomic E-state index is 0.0100. The molecule has 140 valence electrons. The maximum Gasteiger partial charge on any atom is 0.231 e. The molecule has 2 amide bonds. The molecular formula is C19H27N5O2. The van der Waals surface area contributed by atoms with E-state index in [0.717, 1.165) is 54.9 Å². The van der Waals surface area contributed by atoms with Crippen LogP contribution in [-0.2, 0) is 22.6 Å². The van der Waals surface area contributed by atoms with Gasteiger partial charge < -0.3 is 15.6 Å². The number of nitrogens with zero attached hydrogens (tertiary/aromatic N) is 3. The molecule has 1 aromatic heterocycles. The number of hydrogen-bond acceptors (Lipinski definition) is 4. The molecule has 7 heteroatoms. The lowest BCUT2D eigenvalue weighted by atomic mass is 9.97. The van der Waals surface area contributed by atoms with Gasteiger partial charge in [-0.2, -0.15) is 0 Å². The molecule has 2 heterocycles. The number of piperidine rings is 1. The molecule has 1 unspecified atom stereocenters. The largest absolute Gasteiger partial charge is 0.369 e. The van der Waals surface area contributed by atoms with Crippen LogP contribution in [0.4, 0.5) is 5.69 Å². The highest BCUT2D eigenvalue weighted by atomic mass is 16.2. The fourth-order valence-electron chi connectivity index (χ4n) is 3.76. The molecule has 1 saturated heterocycles. The van der Waals surface area contributed by atoms with Crippen LogP contribution in [0, 0.1) is 5.92 Å². The van der Waals surface area contributed by atoms with Crippen LogP contribution in [0.15, 0.2) is 18.2 Å². The minimum Gasteiger partial charge on any atom is -0.369 e. The van der Waals surface area contributed by atoms with Crippen LogP contribution < -0.4 is 11.1 Å². The van der Waals surface area contributed by atoms with Gasteiger partial charge in [-0.1, -0.05) is 6.92 Å². The van der Waals surface area contributed by atoms with Gasteiger partial charge in [-0.05, 0) is 44.5 Å². The lowest BCUT2D eigenvalue weighted by Crippen LogP contribution is -2.44. The summed E-state index contributed by atoms with van der Waals surface area (Å²) in [7, 11) is 0. The normalized spacial score (nSPS) is 18.2. The molecule has 1 fully saturated rings. The summed E-state index contributed by atoms with van der Waals surface area (Å²) >= 11 is 0. The van der Waals surface area contributed by atoms with Gasteiger partial charge in [0.15, 0.2) is 0 Å². The van der Waals surface area contributed by atoms with Crippen molar-refractivity contribution in [1.29, 1.82) is 0 Å². The van der Waals surface area contributed by atoms with Crippen LogP contribution in [0.5, 0.6) is 0 Å². The maximum absolute atomic E-state index is 12.6. The molecule has 0 radical (unpaired) electrons. The number of likely N-dealkylation sites (tertiary alicyclic amines) is 1. The van der Waals surface area contributed by atoms with Crippen LogP contribution in [0.25, 0.3) is 11.0 Å². The van der Waals surface area contributed by atoms with Gasteiger partial charge in [0.2, 0.25) is 11.8 Å². The van der Waals surface area contributed by atoms with Crippen molar-refractivity contribution in [2.75, 3.05) is 25.0 Å². The third-order valence-electron chi connectivity index (χ3n) is 4.98. The first-order valence-electron chi connectivity index (χ1n) is 9.32. The van der Waals surface area contributed by atoms with Gasteiger partial charge >= 0.3 is 0 Å². The van der Waals surface area contributed by atoms with E-state index in [1.54, 1.807) is 0 Å². The van der Waals surface area contributed by atoms with Gasteiger partial charge in [-0.3, -0.25) is 14.5 Å². The first-order valence-corrected chi connectivity index (χ1v) is 9.32. The Kier molecular flexibility index (Phi) is 5.56. The molecule has 2 aromatic rings. The summed E-state index contributed by atoms with van der Waals surface area (Å²) < 4.78 is 2.20. The van der Waals surface area contributed by atoms with E-state index in [1.165, 1.54) is 0 Å². The van der Waals surface area contributed by atoms with Crippen molar-refractivity contribution in [2.45, 2.75) is 39.7 Å². The number of carbonyl (C=O) groups excluding carboxylic acids is 2. The van der Waals surface area contributed by atoms with Crippen molar-refractivity contribution in [2.24, 2.45) is 11.7 Å². The fourth-order valence-corrected chi connectivity index (χ4v) is 3.76. The SMILES string of the molecule is CCc1nc2cc(NC(=O)C3CCCN(CC(N)=O)C3)ccc2n1CC. The quantitative estimate of drug-likeness (QED) is 0.824. The molecule has 7 nitrogen and oxygen atoms in total. The van der Waals surface area contributed by atoms with Crippen molar-refractivity contribution < 1.29 is 9.59 Å².